The van der Waals surface area contributed by atoms with Gasteiger partial charge in [-0.05, 0) is 31.4 Å². The summed E-state index contributed by atoms with van der Waals surface area (Å²) in [5.74, 6) is 0.201. The molecule has 2 aliphatic heterocycles. The first-order valence-corrected chi connectivity index (χ1v) is 7.28. The van der Waals surface area contributed by atoms with Crippen LogP contribution in [0.2, 0.25) is 0 Å². The molecule has 1 atom stereocenters. The average Bonchev–Trinajstić information content (AvgIpc) is 2.83. The van der Waals surface area contributed by atoms with Gasteiger partial charge in [0.05, 0.1) is 16.7 Å². The Morgan fingerprint density at radius 2 is 2.10 bits per heavy atom. The summed E-state index contributed by atoms with van der Waals surface area (Å²) in [6.45, 7) is 2.39. The smallest absolute Gasteiger partial charge is 0.228 e. The number of rotatable bonds is 1. The highest BCUT2D eigenvalue weighted by Gasteiger charge is 2.45. The molecule has 1 amide bonds. The Hall–Kier alpha value is -2.02. The van der Waals surface area contributed by atoms with Crippen molar-refractivity contribution in [3.05, 3.63) is 29.8 Å². The van der Waals surface area contributed by atoms with Crippen LogP contribution in [0.5, 0.6) is 0 Å². The highest BCUT2D eigenvalue weighted by Crippen LogP contribution is 2.39. The van der Waals surface area contributed by atoms with E-state index in [1.54, 1.807) is 0 Å². The molecule has 104 valence electrons. The Bertz CT molecular complexity index is 563. The number of amides is 1. The van der Waals surface area contributed by atoms with Crippen LogP contribution in [-0.2, 0) is 4.79 Å². The number of hydrogen-bond donors (Lipinski definition) is 1. The zero-order valence-corrected chi connectivity index (χ0v) is 11.6. The standard InChI is InChI=1S/C16H19N3O/c17-11-13-5-1-2-6-14(13)19-10-8-16(12-19)7-3-4-9-18-15(16)20/h1-2,5-6H,3-4,7-10,12H2,(H,18,20). The van der Waals surface area contributed by atoms with E-state index < -0.39 is 0 Å². The summed E-state index contributed by atoms with van der Waals surface area (Å²) < 4.78 is 0. The number of benzene rings is 1. The maximum atomic E-state index is 12.4. The van der Waals surface area contributed by atoms with Gasteiger partial charge in [-0.3, -0.25) is 4.79 Å². The van der Waals surface area contributed by atoms with Gasteiger partial charge in [0, 0.05) is 19.6 Å². The fourth-order valence-electron chi connectivity index (χ4n) is 3.40. The monoisotopic (exact) mass is 269 g/mol. The van der Waals surface area contributed by atoms with Gasteiger partial charge in [0.25, 0.3) is 0 Å². The molecule has 1 aromatic carbocycles. The maximum absolute atomic E-state index is 12.4. The van der Waals surface area contributed by atoms with Crippen LogP contribution in [0.3, 0.4) is 0 Å². The molecule has 2 aliphatic rings. The van der Waals surface area contributed by atoms with Crippen LogP contribution in [0.4, 0.5) is 5.69 Å². The average molecular weight is 269 g/mol. The van der Waals surface area contributed by atoms with Crippen molar-refractivity contribution in [2.75, 3.05) is 24.5 Å². The maximum Gasteiger partial charge on any atom is 0.228 e. The molecular weight excluding hydrogens is 250 g/mol. The van der Waals surface area contributed by atoms with E-state index in [0.29, 0.717) is 5.56 Å². The van der Waals surface area contributed by atoms with Crippen LogP contribution in [-0.4, -0.2) is 25.5 Å². The quantitative estimate of drug-likeness (QED) is 0.849. The highest BCUT2D eigenvalue weighted by atomic mass is 16.2. The van der Waals surface area contributed by atoms with Gasteiger partial charge in [-0.2, -0.15) is 5.26 Å². The third-order valence-corrected chi connectivity index (χ3v) is 4.57. The number of carbonyl (C=O) groups is 1. The lowest BCUT2D eigenvalue weighted by Gasteiger charge is -2.27. The molecule has 0 aromatic heterocycles. The molecule has 2 fully saturated rings. The Morgan fingerprint density at radius 1 is 1.25 bits per heavy atom. The Balaban J connectivity index is 1.86. The number of carbonyl (C=O) groups excluding carboxylic acids is 1. The van der Waals surface area contributed by atoms with Crippen molar-refractivity contribution in [2.24, 2.45) is 5.41 Å². The van der Waals surface area contributed by atoms with Crippen LogP contribution in [0.1, 0.15) is 31.2 Å². The van der Waals surface area contributed by atoms with Crippen LogP contribution in [0.15, 0.2) is 24.3 Å². The first-order chi connectivity index (χ1) is 9.75. The van der Waals surface area contributed by atoms with E-state index >= 15 is 0 Å². The Kier molecular flexibility index (Phi) is 3.35. The van der Waals surface area contributed by atoms with E-state index in [1.165, 1.54) is 0 Å². The van der Waals surface area contributed by atoms with Crippen LogP contribution in [0, 0.1) is 16.7 Å². The molecule has 4 nitrogen and oxygen atoms in total. The van der Waals surface area contributed by atoms with Gasteiger partial charge in [-0.15, -0.1) is 0 Å². The third kappa shape index (κ3) is 2.14. The van der Waals surface area contributed by atoms with Gasteiger partial charge in [0.15, 0.2) is 0 Å². The van der Waals surface area contributed by atoms with Gasteiger partial charge in [-0.25, -0.2) is 0 Å². The molecule has 3 rings (SSSR count). The molecule has 0 radical (unpaired) electrons. The Morgan fingerprint density at radius 3 is 2.95 bits per heavy atom. The second-order valence-electron chi connectivity index (χ2n) is 5.79. The molecule has 2 saturated heterocycles. The normalized spacial score (nSPS) is 26.1. The van der Waals surface area contributed by atoms with Crippen molar-refractivity contribution >= 4 is 11.6 Å². The fraction of sp³-hybridized carbons (Fsp3) is 0.500. The number of anilines is 1. The number of nitrogens with one attached hydrogen (secondary N) is 1. The number of nitriles is 1. The molecule has 0 bridgehead atoms. The first kappa shape index (κ1) is 13.0. The van der Waals surface area contributed by atoms with E-state index in [4.69, 9.17) is 0 Å². The minimum Gasteiger partial charge on any atom is -0.369 e. The summed E-state index contributed by atoms with van der Waals surface area (Å²) in [7, 11) is 0. The van der Waals surface area contributed by atoms with Gasteiger partial charge in [0.2, 0.25) is 5.91 Å². The van der Waals surface area contributed by atoms with E-state index in [9.17, 15) is 10.1 Å². The van der Waals surface area contributed by atoms with E-state index in [-0.39, 0.29) is 11.3 Å². The summed E-state index contributed by atoms with van der Waals surface area (Å²) in [6.07, 6.45) is 4.03. The summed E-state index contributed by atoms with van der Waals surface area (Å²) in [5, 5.41) is 12.3. The molecule has 1 spiro atoms. The zero-order valence-electron chi connectivity index (χ0n) is 11.6. The van der Waals surface area contributed by atoms with Gasteiger partial charge >= 0.3 is 0 Å². The van der Waals surface area contributed by atoms with E-state index in [0.717, 1.165) is 51.0 Å². The summed E-state index contributed by atoms with van der Waals surface area (Å²) >= 11 is 0. The number of hydrogen-bond acceptors (Lipinski definition) is 3. The minimum absolute atomic E-state index is 0.201. The lowest BCUT2D eigenvalue weighted by molar-refractivity contribution is -0.129. The zero-order chi connectivity index (χ0) is 14.0. The lowest BCUT2D eigenvalue weighted by atomic mass is 9.82. The van der Waals surface area contributed by atoms with Crippen LogP contribution >= 0.6 is 0 Å². The predicted molar refractivity (Wildman–Crippen MR) is 77.3 cm³/mol. The molecule has 0 aliphatic carbocycles. The molecule has 0 saturated carbocycles. The number of nitrogens with zero attached hydrogens (tertiary/aromatic N) is 2. The van der Waals surface area contributed by atoms with Crippen molar-refractivity contribution in [1.29, 1.82) is 5.26 Å². The number of para-hydroxylation sites is 1. The molecule has 1 aromatic rings. The fourth-order valence-corrected chi connectivity index (χ4v) is 3.40. The predicted octanol–water partition coefficient (Wildman–Crippen LogP) is 2.05. The van der Waals surface area contributed by atoms with E-state index in [2.05, 4.69) is 16.3 Å². The highest BCUT2D eigenvalue weighted by molar-refractivity contribution is 5.84. The second-order valence-corrected chi connectivity index (χ2v) is 5.79. The largest absolute Gasteiger partial charge is 0.369 e. The lowest BCUT2D eigenvalue weighted by Crippen LogP contribution is -2.41. The van der Waals surface area contributed by atoms with Gasteiger partial charge < -0.3 is 10.2 Å². The van der Waals surface area contributed by atoms with Crippen molar-refractivity contribution < 1.29 is 4.79 Å². The summed E-state index contributed by atoms with van der Waals surface area (Å²) in [5.41, 5.74) is 1.40. The molecule has 1 N–H and O–H groups in total. The van der Waals surface area contributed by atoms with Gasteiger partial charge in [-0.1, -0.05) is 18.6 Å². The molecule has 1 unspecified atom stereocenters. The first-order valence-electron chi connectivity index (χ1n) is 7.28. The molecule has 2 heterocycles. The van der Waals surface area contributed by atoms with Crippen LogP contribution in [0.25, 0.3) is 0 Å². The Labute approximate surface area is 119 Å². The van der Waals surface area contributed by atoms with E-state index in [1.807, 2.05) is 24.3 Å². The van der Waals surface area contributed by atoms with Crippen molar-refractivity contribution in [2.45, 2.75) is 25.7 Å². The molecular formula is C16H19N3O. The SMILES string of the molecule is N#Cc1ccccc1N1CCC2(CCCCNC2=O)C1. The van der Waals surface area contributed by atoms with Crippen molar-refractivity contribution in [1.82, 2.24) is 5.32 Å². The van der Waals surface area contributed by atoms with Crippen molar-refractivity contribution in [3.8, 4) is 6.07 Å². The molecule has 20 heavy (non-hydrogen) atoms. The topological polar surface area (TPSA) is 56.1 Å². The van der Waals surface area contributed by atoms with Crippen LogP contribution < -0.4 is 10.2 Å². The minimum atomic E-state index is -0.251. The second kappa shape index (κ2) is 5.16. The summed E-state index contributed by atoms with van der Waals surface area (Å²) in [4.78, 5) is 14.6. The van der Waals surface area contributed by atoms with Crippen molar-refractivity contribution in [3.63, 3.8) is 0 Å². The van der Waals surface area contributed by atoms with Gasteiger partial charge in [0.1, 0.15) is 6.07 Å². The summed E-state index contributed by atoms with van der Waals surface area (Å²) in [6, 6.07) is 9.90. The molecule has 4 heteroatoms. The third-order valence-electron chi connectivity index (χ3n) is 4.57.